The summed E-state index contributed by atoms with van der Waals surface area (Å²) in [5, 5.41) is 10.2. The molecule has 0 aliphatic rings. The highest BCUT2D eigenvalue weighted by Crippen LogP contribution is 2.42. The third kappa shape index (κ3) is 3.69. The summed E-state index contributed by atoms with van der Waals surface area (Å²) in [5.41, 5.74) is 7.49. The van der Waals surface area contributed by atoms with Gasteiger partial charge in [0.05, 0.1) is 0 Å². The van der Waals surface area contributed by atoms with Crippen molar-refractivity contribution in [3.05, 3.63) is 158 Å². The van der Waals surface area contributed by atoms with Crippen LogP contribution >= 0.6 is 0 Å². The van der Waals surface area contributed by atoms with Gasteiger partial charge in [-0.2, -0.15) is 0 Å². The molecular weight excluding hydrogens is 480 g/mol. The Morgan fingerprint density at radius 1 is 0.225 bits per heavy atom. The van der Waals surface area contributed by atoms with Crippen molar-refractivity contribution in [1.29, 1.82) is 0 Å². The molecule has 8 aromatic carbocycles. The molecule has 0 heteroatoms. The van der Waals surface area contributed by atoms with Gasteiger partial charge in [-0.15, -0.1) is 0 Å². The lowest BCUT2D eigenvalue weighted by Gasteiger charge is -2.17. The van der Waals surface area contributed by atoms with Crippen LogP contribution in [0.15, 0.2) is 158 Å². The van der Waals surface area contributed by atoms with Crippen LogP contribution in [0.25, 0.3) is 76.5 Å². The lowest BCUT2D eigenvalue weighted by Crippen LogP contribution is -1.90. The molecule has 0 heterocycles. The largest absolute Gasteiger partial charge is 0.0622 e. The minimum absolute atomic E-state index is 1.23. The van der Waals surface area contributed by atoms with E-state index >= 15 is 0 Å². The first-order valence-corrected chi connectivity index (χ1v) is 13.9. The molecule has 40 heavy (non-hydrogen) atoms. The van der Waals surface area contributed by atoms with Gasteiger partial charge in [-0.05, 0) is 101 Å². The lowest BCUT2D eigenvalue weighted by molar-refractivity contribution is 1.64. The fourth-order valence-electron chi connectivity index (χ4n) is 6.28. The van der Waals surface area contributed by atoms with Gasteiger partial charge < -0.3 is 0 Å². The number of hydrogen-bond acceptors (Lipinski definition) is 0. The monoisotopic (exact) mass is 506 g/mol. The van der Waals surface area contributed by atoms with Gasteiger partial charge >= 0.3 is 0 Å². The summed E-state index contributed by atoms with van der Waals surface area (Å²) in [6, 6.07) is 57.6. The van der Waals surface area contributed by atoms with Crippen molar-refractivity contribution in [1.82, 2.24) is 0 Å². The molecular formula is C40H26. The predicted molar refractivity (Wildman–Crippen MR) is 173 cm³/mol. The van der Waals surface area contributed by atoms with Crippen molar-refractivity contribution in [2.24, 2.45) is 0 Å². The van der Waals surface area contributed by atoms with Gasteiger partial charge in [-0.3, -0.25) is 0 Å². The van der Waals surface area contributed by atoms with E-state index in [1.165, 1.54) is 76.5 Å². The normalized spacial score (nSPS) is 11.5. The minimum atomic E-state index is 1.23. The van der Waals surface area contributed by atoms with E-state index in [1.807, 2.05) is 0 Å². The molecule has 186 valence electrons. The average molecular weight is 507 g/mol. The molecule has 8 aromatic rings. The van der Waals surface area contributed by atoms with Crippen LogP contribution in [0.5, 0.6) is 0 Å². The molecule has 0 N–H and O–H groups in total. The summed E-state index contributed by atoms with van der Waals surface area (Å²) in [6.45, 7) is 0. The predicted octanol–water partition coefficient (Wildman–Crippen LogP) is 11.3. The molecule has 0 bridgehead atoms. The van der Waals surface area contributed by atoms with Gasteiger partial charge in [0.1, 0.15) is 0 Å². The molecule has 0 fully saturated rings. The zero-order chi connectivity index (χ0) is 26.5. The van der Waals surface area contributed by atoms with Gasteiger partial charge in [0.15, 0.2) is 0 Å². The second kappa shape index (κ2) is 9.22. The Labute approximate surface area is 233 Å². The number of fused-ring (bicyclic) bond motifs is 6. The van der Waals surface area contributed by atoms with Gasteiger partial charge in [-0.25, -0.2) is 0 Å². The van der Waals surface area contributed by atoms with Crippen molar-refractivity contribution in [3.63, 3.8) is 0 Å². The second-order valence-electron chi connectivity index (χ2n) is 10.5. The Hall–Kier alpha value is -5.20. The van der Waals surface area contributed by atoms with E-state index in [0.29, 0.717) is 0 Å². The molecule has 0 nitrogen and oxygen atoms in total. The zero-order valence-corrected chi connectivity index (χ0v) is 22.0. The van der Waals surface area contributed by atoms with Crippen LogP contribution in [0.3, 0.4) is 0 Å². The summed E-state index contributed by atoms with van der Waals surface area (Å²) < 4.78 is 0. The third-order valence-corrected chi connectivity index (χ3v) is 8.22. The molecule has 0 atom stereocenters. The summed E-state index contributed by atoms with van der Waals surface area (Å²) >= 11 is 0. The zero-order valence-electron chi connectivity index (χ0n) is 22.0. The first kappa shape index (κ1) is 22.8. The number of rotatable bonds is 3. The molecule has 0 aliphatic carbocycles. The van der Waals surface area contributed by atoms with E-state index in [4.69, 9.17) is 0 Å². The number of benzene rings is 8. The first-order chi connectivity index (χ1) is 19.8. The molecule has 0 saturated heterocycles. The molecule has 0 saturated carbocycles. The molecule has 0 spiro atoms. The average Bonchev–Trinajstić information content (AvgIpc) is 3.04. The standard InChI is InChI=1S/C40H26/c1-3-11-27(12-4-1)29-19-21-34-32(23-29)26-40(38-24-30(20-22-37(34)38)28-13-5-2-6-14-28)39-25-31-15-7-8-16-33(31)35-17-9-10-18-36(35)39/h1-26H. The van der Waals surface area contributed by atoms with Gasteiger partial charge in [-0.1, -0.05) is 133 Å². The summed E-state index contributed by atoms with van der Waals surface area (Å²) in [4.78, 5) is 0. The maximum Gasteiger partial charge on any atom is -0.00923 e. The fourth-order valence-corrected chi connectivity index (χ4v) is 6.28. The van der Waals surface area contributed by atoms with E-state index in [9.17, 15) is 0 Å². The molecule has 8 rings (SSSR count). The van der Waals surface area contributed by atoms with Gasteiger partial charge in [0.25, 0.3) is 0 Å². The molecule has 0 aliphatic heterocycles. The molecule has 0 amide bonds. The van der Waals surface area contributed by atoms with Crippen molar-refractivity contribution >= 4 is 43.1 Å². The highest BCUT2D eigenvalue weighted by molar-refractivity contribution is 6.20. The van der Waals surface area contributed by atoms with Crippen LogP contribution in [0.1, 0.15) is 0 Å². The Morgan fingerprint density at radius 3 is 1.43 bits per heavy atom. The van der Waals surface area contributed by atoms with Crippen molar-refractivity contribution in [2.75, 3.05) is 0 Å². The van der Waals surface area contributed by atoms with Crippen LogP contribution in [-0.2, 0) is 0 Å². The van der Waals surface area contributed by atoms with E-state index in [-0.39, 0.29) is 0 Å². The SMILES string of the molecule is c1ccc(-c2ccc3c(c2)cc(-c2cc4ccccc4c4ccccc24)c2cc(-c4ccccc4)ccc23)cc1. The maximum absolute atomic E-state index is 2.41. The van der Waals surface area contributed by atoms with Crippen LogP contribution < -0.4 is 0 Å². The topological polar surface area (TPSA) is 0 Å². The molecule has 0 radical (unpaired) electrons. The van der Waals surface area contributed by atoms with E-state index in [2.05, 4.69) is 158 Å². The summed E-state index contributed by atoms with van der Waals surface area (Å²) in [5.74, 6) is 0. The Bertz CT molecular complexity index is 2190. The van der Waals surface area contributed by atoms with E-state index in [0.717, 1.165) is 0 Å². The number of hydrogen-bond donors (Lipinski definition) is 0. The second-order valence-corrected chi connectivity index (χ2v) is 10.5. The smallest absolute Gasteiger partial charge is 0.00923 e. The van der Waals surface area contributed by atoms with Gasteiger partial charge in [0, 0.05) is 0 Å². The maximum atomic E-state index is 2.41. The van der Waals surface area contributed by atoms with Crippen LogP contribution in [0.2, 0.25) is 0 Å². The third-order valence-electron chi connectivity index (χ3n) is 8.22. The summed E-state index contributed by atoms with van der Waals surface area (Å²) in [7, 11) is 0. The fraction of sp³-hybridized carbons (Fsp3) is 0. The Balaban J connectivity index is 1.49. The lowest BCUT2D eigenvalue weighted by atomic mass is 9.87. The quantitative estimate of drug-likeness (QED) is 0.209. The molecule has 0 aromatic heterocycles. The Morgan fingerprint density at radius 2 is 0.700 bits per heavy atom. The van der Waals surface area contributed by atoms with Crippen LogP contribution in [0, 0.1) is 0 Å². The van der Waals surface area contributed by atoms with Gasteiger partial charge in [0.2, 0.25) is 0 Å². The highest BCUT2D eigenvalue weighted by atomic mass is 14.2. The molecule has 0 unspecified atom stereocenters. The summed E-state index contributed by atoms with van der Waals surface area (Å²) in [6.07, 6.45) is 0. The van der Waals surface area contributed by atoms with Crippen molar-refractivity contribution < 1.29 is 0 Å². The highest BCUT2D eigenvalue weighted by Gasteiger charge is 2.15. The minimum Gasteiger partial charge on any atom is -0.0622 e. The first-order valence-electron chi connectivity index (χ1n) is 13.9. The van der Waals surface area contributed by atoms with Crippen molar-refractivity contribution in [3.8, 4) is 33.4 Å². The van der Waals surface area contributed by atoms with Crippen LogP contribution in [-0.4, -0.2) is 0 Å². The van der Waals surface area contributed by atoms with Crippen LogP contribution in [0.4, 0.5) is 0 Å². The van der Waals surface area contributed by atoms with E-state index in [1.54, 1.807) is 0 Å². The van der Waals surface area contributed by atoms with E-state index < -0.39 is 0 Å². The Kier molecular flexibility index (Phi) is 5.24. The van der Waals surface area contributed by atoms with Crippen molar-refractivity contribution in [2.45, 2.75) is 0 Å².